The van der Waals surface area contributed by atoms with Gasteiger partial charge in [-0.15, -0.1) is 0 Å². The van der Waals surface area contributed by atoms with Crippen LogP contribution in [0.15, 0.2) is 24.3 Å². The van der Waals surface area contributed by atoms with E-state index < -0.39 is 6.10 Å². The fourth-order valence-electron chi connectivity index (χ4n) is 2.74. The van der Waals surface area contributed by atoms with E-state index in [4.69, 9.17) is 10.00 Å². The van der Waals surface area contributed by atoms with Gasteiger partial charge in [-0.2, -0.15) is 5.26 Å². The van der Waals surface area contributed by atoms with Crippen molar-refractivity contribution in [1.82, 2.24) is 5.32 Å². The fraction of sp³-hybridized carbons (Fsp3) is 0.529. The Morgan fingerprint density at radius 1 is 1.43 bits per heavy atom. The van der Waals surface area contributed by atoms with Gasteiger partial charge < -0.3 is 10.1 Å². The normalized spacial score (nSPS) is 21.3. The summed E-state index contributed by atoms with van der Waals surface area (Å²) in [7, 11) is 0. The standard InChI is InChI=1S/C17H22N2O2/c1-12(21-15-6-4-13(11-18)5-7-15)16(20)19-14-8-9-17(2,3)10-14/h4-7,12,14H,8-10H2,1-3H3,(H,19,20). The number of nitriles is 1. The quantitative estimate of drug-likeness (QED) is 0.925. The van der Waals surface area contributed by atoms with Crippen LogP contribution in [-0.2, 0) is 4.79 Å². The molecule has 1 aliphatic carbocycles. The Hall–Kier alpha value is -2.02. The number of rotatable bonds is 4. The van der Waals surface area contributed by atoms with Crippen molar-refractivity contribution in [3.63, 3.8) is 0 Å². The summed E-state index contributed by atoms with van der Waals surface area (Å²) in [5.41, 5.74) is 0.891. The first kappa shape index (κ1) is 15.4. The Bertz CT molecular complexity index is 543. The third-order valence-corrected chi connectivity index (χ3v) is 3.98. The number of benzene rings is 1. The average molecular weight is 286 g/mol. The molecule has 0 bridgehead atoms. The van der Waals surface area contributed by atoms with E-state index in [0.717, 1.165) is 19.3 Å². The minimum atomic E-state index is -0.540. The van der Waals surface area contributed by atoms with Crippen LogP contribution < -0.4 is 10.1 Å². The van der Waals surface area contributed by atoms with Crippen molar-refractivity contribution in [2.24, 2.45) is 5.41 Å². The van der Waals surface area contributed by atoms with Gasteiger partial charge in [0, 0.05) is 6.04 Å². The highest BCUT2D eigenvalue weighted by Crippen LogP contribution is 2.36. The molecule has 0 heterocycles. The molecular formula is C17H22N2O2. The predicted molar refractivity (Wildman–Crippen MR) is 80.8 cm³/mol. The van der Waals surface area contributed by atoms with Crippen LogP contribution in [0.5, 0.6) is 5.75 Å². The summed E-state index contributed by atoms with van der Waals surface area (Å²) in [6, 6.07) is 9.08. The van der Waals surface area contributed by atoms with E-state index in [2.05, 4.69) is 25.2 Å². The van der Waals surface area contributed by atoms with Gasteiger partial charge in [-0.3, -0.25) is 4.79 Å². The van der Waals surface area contributed by atoms with Crippen LogP contribution in [0.3, 0.4) is 0 Å². The minimum Gasteiger partial charge on any atom is -0.481 e. The van der Waals surface area contributed by atoms with Crippen LogP contribution in [0.2, 0.25) is 0 Å². The summed E-state index contributed by atoms with van der Waals surface area (Å²) in [5, 5.41) is 11.8. The number of carbonyl (C=O) groups is 1. The predicted octanol–water partition coefficient (Wildman–Crippen LogP) is 3.02. The van der Waals surface area contributed by atoms with Gasteiger partial charge in [0.1, 0.15) is 5.75 Å². The van der Waals surface area contributed by atoms with Gasteiger partial charge in [-0.25, -0.2) is 0 Å². The molecule has 1 fully saturated rings. The van der Waals surface area contributed by atoms with Crippen LogP contribution in [0.25, 0.3) is 0 Å². The monoisotopic (exact) mass is 286 g/mol. The minimum absolute atomic E-state index is 0.0814. The molecule has 0 radical (unpaired) electrons. The molecule has 0 aromatic heterocycles. The lowest BCUT2D eigenvalue weighted by Crippen LogP contribution is -2.41. The molecule has 2 atom stereocenters. The molecule has 112 valence electrons. The topological polar surface area (TPSA) is 62.1 Å². The van der Waals surface area contributed by atoms with Crippen LogP contribution in [-0.4, -0.2) is 18.1 Å². The molecule has 4 heteroatoms. The summed E-state index contributed by atoms with van der Waals surface area (Å²) in [5.74, 6) is 0.519. The van der Waals surface area contributed by atoms with E-state index in [-0.39, 0.29) is 11.9 Å². The van der Waals surface area contributed by atoms with Crippen LogP contribution in [0.1, 0.15) is 45.6 Å². The molecule has 1 aromatic rings. The molecule has 1 saturated carbocycles. The lowest BCUT2D eigenvalue weighted by Gasteiger charge is -2.20. The highest BCUT2D eigenvalue weighted by Gasteiger charge is 2.32. The van der Waals surface area contributed by atoms with Crippen molar-refractivity contribution in [1.29, 1.82) is 5.26 Å². The summed E-state index contributed by atoms with van der Waals surface area (Å²) < 4.78 is 5.62. The molecule has 2 unspecified atom stereocenters. The van der Waals surface area contributed by atoms with Crippen molar-refractivity contribution in [3.8, 4) is 11.8 Å². The van der Waals surface area contributed by atoms with Crippen LogP contribution in [0.4, 0.5) is 0 Å². The zero-order valence-electron chi connectivity index (χ0n) is 12.8. The van der Waals surface area contributed by atoms with Crippen molar-refractivity contribution >= 4 is 5.91 Å². The third-order valence-electron chi connectivity index (χ3n) is 3.98. The van der Waals surface area contributed by atoms with Crippen LogP contribution in [0, 0.1) is 16.7 Å². The maximum atomic E-state index is 12.1. The van der Waals surface area contributed by atoms with Gasteiger partial charge in [0.25, 0.3) is 5.91 Å². The molecule has 4 nitrogen and oxygen atoms in total. The first-order valence-electron chi connectivity index (χ1n) is 7.37. The van der Waals surface area contributed by atoms with E-state index >= 15 is 0 Å². The van der Waals surface area contributed by atoms with Crippen molar-refractivity contribution in [2.45, 2.75) is 52.2 Å². The number of amides is 1. The summed E-state index contributed by atoms with van der Waals surface area (Å²) in [4.78, 5) is 12.1. The maximum absolute atomic E-state index is 12.1. The van der Waals surface area contributed by atoms with Gasteiger partial charge in [-0.05, 0) is 55.9 Å². The second-order valence-corrected chi connectivity index (χ2v) is 6.51. The molecule has 1 aliphatic rings. The molecule has 0 saturated heterocycles. The Kier molecular flexibility index (Phi) is 4.52. The Balaban J connectivity index is 1.86. The number of hydrogen-bond donors (Lipinski definition) is 1. The lowest BCUT2D eigenvalue weighted by molar-refractivity contribution is -0.128. The molecular weight excluding hydrogens is 264 g/mol. The number of hydrogen-bond acceptors (Lipinski definition) is 3. The maximum Gasteiger partial charge on any atom is 0.260 e. The zero-order chi connectivity index (χ0) is 15.5. The lowest BCUT2D eigenvalue weighted by atomic mass is 9.92. The smallest absolute Gasteiger partial charge is 0.260 e. The molecule has 0 aliphatic heterocycles. The van der Waals surface area contributed by atoms with Crippen molar-refractivity contribution in [2.75, 3.05) is 0 Å². The number of nitrogens with zero attached hydrogens (tertiary/aromatic N) is 1. The Morgan fingerprint density at radius 2 is 2.10 bits per heavy atom. The van der Waals surface area contributed by atoms with Gasteiger partial charge in [0.2, 0.25) is 0 Å². The first-order valence-corrected chi connectivity index (χ1v) is 7.37. The van der Waals surface area contributed by atoms with Gasteiger partial charge in [-0.1, -0.05) is 13.8 Å². The number of ether oxygens (including phenoxy) is 1. The van der Waals surface area contributed by atoms with E-state index in [1.165, 1.54) is 0 Å². The summed E-state index contributed by atoms with van der Waals surface area (Å²) in [6.45, 7) is 6.21. The molecule has 2 rings (SSSR count). The van der Waals surface area contributed by atoms with Crippen molar-refractivity contribution < 1.29 is 9.53 Å². The Labute approximate surface area is 126 Å². The number of nitrogens with one attached hydrogen (secondary N) is 1. The third kappa shape index (κ3) is 4.22. The van der Waals surface area contributed by atoms with Gasteiger partial charge in [0.15, 0.2) is 6.10 Å². The SMILES string of the molecule is CC(Oc1ccc(C#N)cc1)C(=O)NC1CCC(C)(C)C1. The molecule has 1 aromatic carbocycles. The van der Waals surface area contributed by atoms with E-state index in [0.29, 0.717) is 16.7 Å². The fourth-order valence-corrected chi connectivity index (χ4v) is 2.74. The summed E-state index contributed by atoms with van der Waals surface area (Å²) in [6.07, 6.45) is 2.65. The van der Waals surface area contributed by atoms with Gasteiger partial charge >= 0.3 is 0 Å². The highest BCUT2D eigenvalue weighted by atomic mass is 16.5. The Morgan fingerprint density at radius 3 is 2.62 bits per heavy atom. The molecule has 0 spiro atoms. The zero-order valence-corrected chi connectivity index (χ0v) is 12.8. The highest BCUT2D eigenvalue weighted by molar-refractivity contribution is 5.81. The van der Waals surface area contributed by atoms with E-state index in [1.807, 2.05) is 0 Å². The first-order chi connectivity index (χ1) is 9.89. The second-order valence-electron chi connectivity index (χ2n) is 6.51. The van der Waals surface area contributed by atoms with E-state index in [9.17, 15) is 4.79 Å². The van der Waals surface area contributed by atoms with Gasteiger partial charge in [0.05, 0.1) is 11.6 Å². The molecule has 21 heavy (non-hydrogen) atoms. The van der Waals surface area contributed by atoms with E-state index in [1.54, 1.807) is 31.2 Å². The number of carbonyl (C=O) groups excluding carboxylic acids is 1. The molecule has 1 N–H and O–H groups in total. The second kappa shape index (κ2) is 6.17. The largest absolute Gasteiger partial charge is 0.481 e. The molecule has 1 amide bonds. The van der Waals surface area contributed by atoms with Crippen molar-refractivity contribution in [3.05, 3.63) is 29.8 Å². The van der Waals surface area contributed by atoms with Crippen LogP contribution >= 0.6 is 0 Å². The summed E-state index contributed by atoms with van der Waals surface area (Å²) >= 11 is 0. The average Bonchev–Trinajstić information content (AvgIpc) is 2.78.